The summed E-state index contributed by atoms with van der Waals surface area (Å²) in [7, 11) is 0. The van der Waals surface area contributed by atoms with Gasteiger partial charge in [-0.1, -0.05) is 13.3 Å². The summed E-state index contributed by atoms with van der Waals surface area (Å²) in [5.41, 5.74) is 1.68. The van der Waals surface area contributed by atoms with Gasteiger partial charge in [0.05, 0.1) is 24.5 Å². The minimum atomic E-state index is -0.284. The van der Waals surface area contributed by atoms with Gasteiger partial charge in [-0.3, -0.25) is 14.3 Å². The number of hydrogen-bond donors (Lipinski definition) is 2. The van der Waals surface area contributed by atoms with Crippen molar-refractivity contribution >= 4 is 11.8 Å². The van der Waals surface area contributed by atoms with Crippen LogP contribution in [-0.2, 0) is 29.2 Å². The van der Waals surface area contributed by atoms with E-state index in [4.69, 9.17) is 0 Å². The number of fused-ring (bicyclic) bond motifs is 1. The number of carbonyl (C=O) groups is 2. The van der Waals surface area contributed by atoms with Crippen LogP contribution in [0, 0.1) is 11.3 Å². The summed E-state index contributed by atoms with van der Waals surface area (Å²) in [4.78, 5) is 27.2. The fourth-order valence-corrected chi connectivity index (χ4v) is 4.30. The van der Waals surface area contributed by atoms with Gasteiger partial charge in [-0.25, -0.2) is 0 Å². The summed E-state index contributed by atoms with van der Waals surface area (Å²) in [5.74, 6) is 0.669. The molecule has 0 bridgehead atoms. The Bertz CT molecular complexity index is 703. The van der Waals surface area contributed by atoms with Crippen LogP contribution in [0.4, 0.5) is 0 Å². The molecule has 0 aromatic carbocycles. The molecule has 2 N–H and O–H groups in total. The topological polar surface area (TPSA) is 79.3 Å². The van der Waals surface area contributed by atoms with Crippen molar-refractivity contribution in [3.8, 4) is 0 Å². The first-order valence-corrected chi connectivity index (χ1v) is 10.4. The van der Waals surface area contributed by atoms with Gasteiger partial charge in [-0.2, -0.15) is 5.10 Å². The third kappa shape index (κ3) is 3.88. The molecule has 148 valence electrons. The number of rotatable bonds is 4. The highest BCUT2D eigenvalue weighted by molar-refractivity contribution is 5.82. The summed E-state index contributed by atoms with van der Waals surface area (Å²) in [6.45, 7) is 6.59. The summed E-state index contributed by atoms with van der Waals surface area (Å²) in [6.07, 6.45) is 5.94. The molecular formula is C20H31N5O2. The molecule has 1 saturated heterocycles. The second-order valence-electron chi connectivity index (χ2n) is 8.58. The smallest absolute Gasteiger partial charge is 0.226 e. The van der Waals surface area contributed by atoms with Crippen molar-refractivity contribution in [3.63, 3.8) is 0 Å². The number of carbonyl (C=O) groups excluding carboxylic acids is 2. The Hall–Kier alpha value is -1.89. The van der Waals surface area contributed by atoms with Crippen molar-refractivity contribution in [3.05, 3.63) is 17.5 Å². The molecule has 0 unspecified atom stereocenters. The number of amides is 2. The molecule has 2 fully saturated rings. The second kappa shape index (κ2) is 7.62. The molecule has 1 aromatic heterocycles. The highest BCUT2D eigenvalue weighted by atomic mass is 16.2. The van der Waals surface area contributed by atoms with Gasteiger partial charge >= 0.3 is 0 Å². The maximum Gasteiger partial charge on any atom is 0.226 e. The van der Waals surface area contributed by atoms with E-state index in [0.717, 1.165) is 69.7 Å². The van der Waals surface area contributed by atoms with E-state index in [2.05, 4.69) is 28.7 Å². The predicted octanol–water partition coefficient (Wildman–Crippen LogP) is 1.42. The van der Waals surface area contributed by atoms with Crippen molar-refractivity contribution in [2.45, 2.75) is 65.1 Å². The molecule has 7 nitrogen and oxygen atoms in total. The Morgan fingerprint density at radius 3 is 2.74 bits per heavy atom. The first-order valence-electron chi connectivity index (χ1n) is 10.4. The zero-order chi connectivity index (χ0) is 18.9. The van der Waals surface area contributed by atoms with Crippen molar-refractivity contribution < 1.29 is 9.59 Å². The van der Waals surface area contributed by atoms with Gasteiger partial charge in [-0.15, -0.1) is 0 Å². The van der Waals surface area contributed by atoms with E-state index in [1.165, 1.54) is 6.42 Å². The van der Waals surface area contributed by atoms with Crippen LogP contribution in [0.5, 0.6) is 0 Å². The first kappa shape index (κ1) is 18.5. The van der Waals surface area contributed by atoms with Gasteiger partial charge in [0, 0.05) is 24.4 Å². The SMILES string of the molecule is CC1(C(=O)NCc2cc3n(n2)CCCN(C(=O)C2CCC2)C3)CCNCC1. The molecule has 7 heteroatoms. The van der Waals surface area contributed by atoms with Gasteiger partial charge in [0.25, 0.3) is 0 Å². The molecule has 0 radical (unpaired) electrons. The van der Waals surface area contributed by atoms with Crippen LogP contribution in [0.25, 0.3) is 0 Å². The molecule has 1 aromatic rings. The minimum absolute atomic E-state index is 0.119. The molecule has 0 spiro atoms. The number of aromatic nitrogens is 2. The molecular weight excluding hydrogens is 342 g/mol. The van der Waals surface area contributed by atoms with Crippen LogP contribution >= 0.6 is 0 Å². The summed E-state index contributed by atoms with van der Waals surface area (Å²) in [6, 6.07) is 2.05. The Kier molecular flexibility index (Phi) is 5.21. The number of hydrogen-bond acceptors (Lipinski definition) is 4. The monoisotopic (exact) mass is 373 g/mol. The van der Waals surface area contributed by atoms with Gasteiger partial charge < -0.3 is 15.5 Å². The van der Waals surface area contributed by atoms with Crippen molar-refractivity contribution in [2.75, 3.05) is 19.6 Å². The minimum Gasteiger partial charge on any atom is -0.350 e. The summed E-state index contributed by atoms with van der Waals surface area (Å²) >= 11 is 0. The molecule has 3 aliphatic rings. The van der Waals surface area contributed by atoms with Crippen molar-refractivity contribution in [1.82, 2.24) is 25.3 Å². The Morgan fingerprint density at radius 2 is 2.04 bits per heavy atom. The summed E-state index contributed by atoms with van der Waals surface area (Å²) in [5, 5.41) is 11.1. The highest BCUT2D eigenvalue weighted by Gasteiger charge is 2.34. The predicted molar refractivity (Wildman–Crippen MR) is 102 cm³/mol. The normalized spacial score (nSPS) is 22.5. The molecule has 27 heavy (non-hydrogen) atoms. The van der Waals surface area contributed by atoms with Gasteiger partial charge in [0.2, 0.25) is 11.8 Å². The Labute approximate surface area is 160 Å². The molecule has 2 amide bonds. The fraction of sp³-hybridized carbons (Fsp3) is 0.750. The van der Waals surface area contributed by atoms with E-state index in [1.54, 1.807) is 0 Å². The Morgan fingerprint density at radius 1 is 1.26 bits per heavy atom. The zero-order valence-electron chi connectivity index (χ0n) is 16.3. The van der Waals surface area contributed by atoms with E-state index in [0.29, 0.717) is 19.0 Å². The lowest BCUT2D eigenvalue weighted by atomic mass is 9.80. The average molecular weight is 374 g/mol. The first-order chi connectivity index (χ1) is 13.0. The van der Waals surface area contributed by atoms with E-state index >= 15 is 0 Å². The molecule has 2 aliphatic heterocycles. The van der Waals surface area contributed by atoms with Gasteiger partial charge in [0.1, 0.15) is 0 Å². The van der Waals surface area contributed by atoms with Crippen LogP contribution in [-0.4, -0.2) is 46.1 Å². The maximum absolute atomic E-state index is 12.6. The molecule has 1 saturated carbocycles. The largest absolute Gasteiger partial charge is 0.350 e. The average Bonchev–Trinajstić information content (AvgIpc) is 2.89. The van der Waals surface area contributed by atoms with Crippen molar-refractivity contribution in [1.29, 1.82) is 0 Å². The zero-order valence-corrected chi connectivity index (χ0v) is 16.3. The molecule has 1 aliphatic carbocycles. The van der Waals surface area contributed by atoms with Crippen LogP contribution in [0.1, 0.15) is 56.8 Å². The van der Waals surface area contributed by atoms with Crippen molar-refractivity contribution in [2.24, 2.45) is 11.3 Å². The van der Waals surface area contributed by atoms with E-state index in [9.17, 15) is 9.59 Å². The third-order valence-electron chi connectivity index (χ3n) is 6.52. The van der Waals surface area contributed by atoms with E-state index < -0.39 is 0 Å². The number of piperidine rings is 1. The molecule has 0 atom stereocenters. The lowest BCUT2D eigenvalue weighted by molar-refractivity contribution is -0.138. The van der Waals surface area contributed by atoms with Crippen LogP contribution in [0.2, 0.25) is 0 Å². The molecule has 4 rings (SSSR count). The van der Waals surface area contributed by atoms with Gasteiger partial charge in [-0.05, 0) is 51.3 Å². The highest BCUT2D eigenvalue weighted by Crippen LogP contribution is 2.30. The second-order valence-corrected chi connectivity index (χ2v) is 8.58. The van der Waals surface area contributed by atoms with E-state index in [1.807, 2.05) is 9.58 Å². The Balaban J connectivity index is 1.37. The van der Waals surface area contributed by atoms with Crippen LogP contribution in [0.3, 0.4) is 0 Å². The maximum atomic E-state index is 12.6. The molecule has 3 heterocycles. The fourth-order valence-electron chi connectivity index (χ4n) is 4.30. The van der Waals surface area contributed by atoms with E-state index in [-0.39, 0.29) is 17.2 Å². The lowest BCUT2D eigenvalue weighted by Crippen LogP contribution is -2.45. The third-order valence-corrected chi connectivity index (χ3v) is 6.52. The van der Waals surface area contributed by atoms with Crippen LogP contribution in [0.15, 0.2) is 6.07 Å². The van der Waals surface area contributed by atoms with Gasteiger partial charge in [0.15, 0.2) is 0 Å². The number of nitrogens with one attached hydrogen (secondary N) is 2. The number of nitrogens with zero attached hydrogens (tertiary/aromatic N) is 3. The summed E-state index contributed by atoms with van der Waals surface area (Å²) < 4.78 is 2.02. The lowest BCUT2D eigenvalue weighted by Gasteiger charge is -2.32. The van der Waals surface area contributed by atoms with Crippen LogP contribution < -0.4 is 10.6 Å². The standard InChI is InChI=1S/C20H31N5O2/c1-20(6-8-21-9-7-20)19(27)22-13-16-12-17-14-24(10-3-11-25(17)23-16)18(26)15-4-2-5-15/h12,15,21H,2-11,13-14H2,1H3,(H,22,27). The quantitative estimate of drug-likeness (QED) is 0.837. The number of aryl methyl sites for hydroxylation is 1.